The van der Waals surface area contributed by atoms with Crippen LogP contribution in [0.15, 0.2) is 53.5 Å². The van der Waals surface area contributed by atoms with Crippen molar-refractivity contribution in [2.75, 3.05) is 21.2 Å². The normalized spacial score (nSPS) is 10.8. The fraction of sp³-hybridized carbons (Fsp3) is 0.200. The van der Waals surface area contributed by atoms with Gasteiger partial charge in [-0.25, -0.2) is 4.39 Å². The fourth-order valence-electron chi connectivity index (χ4n) is 2.82. The van der Waals surface area contributed by atoms with Gasteiger partial charge in [-0.3, -0.25) is 9.59 Å². The minimum atomic E-state index is -0.576. The number of carbonyl (C=O) groups is 1. The summed E-state index contributed by atoms with van der Waals surface area (Å²) in [5, 5.41) is 0.896. The Bertz CT molecular complexity index is 1040. The topological polar surface area (TPSA) is 51.5 Å². The van der Waals surface area contributed by atoms with Crippen LogP contribution in [-0.2, 0) is 6.54 Å². The SMILES string of the molecule is COc1cc2ccn(Cc3cccc(C(=O)N(C)C)c3)c(=O)c2cc1F. The van der Waals surface area contributed by atoms with Gasteiger partial charge in [-0.05, 0) is 41.3 Å². The summed E-state index contributed by atoms with van der Waals surface area (Å²) in [4.78, 5) is 26.3. The molecule has 3 rings (SSSR count). The molecule has 0 atom stereocenters. The third-order valence-electron chi connectivity index (χ3n) is 4.18. The number of hydrogen-bond acceptors (Lipinski definition) is 3. The number of methoxy groups -OCH3 is 1. The Balaban J connectivity index is 2.00. The summed E-state index contributed by atoms with van der Waals surface area (Å²) < 4.78 is 20.4. The first-order valence-corrected chi connectivity index (χ1v) is 8.08. The summed E-state index contributed by atoms with van der Waals surface area (Å²) in [5.41, 5.74) is 1.07. The molecule has 1 aromatic heterocycles. The number of pyridine rings is 1. The van der Waals surface area contributed by atoms with Crippen molar-refractivity contribution in [3.63, 3.8) is 0 Å². The minimum absolute atomic E-state index is 0.101. The predicted octanol–water partition coefficient (Wildman–Crippen LogP) is 2.90. The molecule has 0 aliphatic rings. The summed E-state index contributed by atoms with van der Waals surface area (Å²) in [5.74, 6) is -0.579. The molecule has 0 aliphatic carbocycles. The lowest BCUT2D eigenvalue weighted by Crippen LogP contribution is -2.22. The number of amides is 1. The van der Waals surface area contributed by atoms with Crippen LogP contribution in [-0.4, -0.2) is 36.6 Å². The van der Waals surface area contributed by atoms with Gasteiger partial charge in [0.2, 0.25) is 0 Å². The van der Waals surface area contributed by atoms with Gasteiger partial charge in [0.25, 0.3) is 11.5 Å². The van der Waals surface area contributed by atoms with Crippen molar-refractivity contribution < 1.29 is 13.9 Å². The minimum Gasteiger partial charge on any atom is -0.494 e. The number of ether oxygens (including phenoxy) is 1. The number of benzene rings is 2. The molecule has 1 amide bonds. The molecule has 0 radical (unpaired) electrons. The van der Waals surface area contributed by atoms with Crippen molar-refractivity contribution in [1.82, 2.24) is 9.47 Å². The molecule has 0 N–H and O–H groups in total. The van der Waals surface area contributed by atoms with E-state index in [1.807, 2.05) is 6.07 Å². The van der Waals surface area contributed by atoms with E-state index in [2.05, 4.69) is 0 Å². The summed E-state index contributed by atoms with van der Waals surface area (Å²) >= 11 is 0. The summed E-state index contributed by atoms with van der Waals surface area (Å²) in [6.07, 6.45) is 1.66. The van der Waals surface area contributed by atoms with Gasteiger partial charge >= 0.3 is 0 Å². The Morgan fingerprint density at radius 1 is 1.19 bits per heavy atom. The molecular weight excluding hydrogens is 335 g/mol. The Morgan fingerprint density at radius 2 is 1.96 bits per heavy atom. The van der Waals surface area contributed by atoms with Crippen LogP contribution in [0.2, 0.25) is 0 Å². The first kappa shape index (κ1) is 17.7. The molecule has 0 unspecified atom stereocenters. The largest absolute Gasteiger partial charge is 0.494 e. The lowest BCUT2D eigenvalue weighted by atomic mass is 10.1. The van der Waals surface area contributed by atoms with Crippen LogP contribution < -0.4 is 10.3 Å². The first-order chi connectivity index (χ1) is 12.4. The molecule has 0 fully saturated rings. The molecule has 26 heavy (non-hydrogen) atoms. The predicted molar refractivity (Wildman–Crippen MR) is 98.3 cm³/mol. The van der Waals surface area contributed by atoms with Gasteiger partial charge in [0, 0.05) is 25.9 Å². The van der Waals surface area contributed by atoms with E-state index >= 15 is 0 Å². The van der Waals surface area contributed by atoms with E-state index in [0.717, 1.165) is 5.56 Å². The quantitative estimate of drug-likeness (QED) is 0.724. The number of rotatable bonds is 4. The molecule has 0 saturated heterocycles. The van der Waals surface area contributed by atoms with Crippen molar-refractivity contribution in [3.8, 4) is 5.75 Å². The van der Waals surface area contributed by atoms with Crippen LogP contribution in [0, 0.1) is 5.82 Å². The van der Waals surface area contributed by atoms with Gasteiger partial charge in [0.15, 0.2) is 11.6 Å². The highest BCUT2D eigenvalue weighted by Gasteiger charge is 2.11. The number of carbonyl (C=O) groups excluding carboxylic acids is 1. The monoisotopic (exact) mass is 354 g/mol. The van der Waals surface area contributed by atoms with Gasteiger partial charge in [-0.1, -0.05) is 12.1 Å². The first-order valence-electron chi connectivity index (χ1n) is 8.08. The molecule has 0 saturated carbocycles. The highest BCUT2D eigenvalue weighted by molar-refractivity contribution is 5.94. The maximum atomic E-state index is 14.0. The third-order valence-corrected chi connectivity index (χ3v) is 4.18. The zero-order valence-corrected chi connectivity index (χ0v) is 14.8. The molecule has 3 aromatic rings. The Morgan fingerprint density at radius 3 is 2.65 bits per heavy atom. The van der Waals surface area contributed by atoms with Crippen LogP contribution in [0.4, 0.5) is 4.39 Å². The van der Waals surface area contributed by atoms with Crippen LogP contribution in [0.5, 0.6) is 5.75 Å². The summed E-state index contributed by atoms with van der Waals surface area (Å²) in [7, 11) is 4.75. The standard InChI is InChI=1S/C20H19FN2O3/c1-22(2)19(24)15-6-4-5-13(9-15)12-23-8-7-14-10-18(26-3)17(21)11-16(14)20(23)25/h4-11H,12H2,1-3H3. The van der Waals surface area contributed by atoms with E-state index in [9.17, 15) is 14.0 Å². The van der Waals surface area contributed by atoms with E-state index in [1.54, 1.807) is 44.6 Å². The van der Waals surface area contributed by atoms with Gasteiger partial charge in [0.1, 0.15) is 0 Å². The molecule has 1 heterocycles. The van der Waals surface area contributed by atoms with Crippen LogP contribution in [0.1, 0.15) is 15.9 Å². The van der Waals surface area contributed by atoms with E-state index in [0.29, 0.717) is 10.9 Å². The van der Waals surface area contributed by atoms with E-state index in [-0.39, 0.29) is 29.1 Å². The van der Waals surface area contributed by atoms with Crippen LogP contribution in [0.3, 0.4) is 0 Å². The summed E-state index contributed by atoms with van der Waals surface area (Å²) in [6.45, 7) is 0.289. The molecule has 5 nitrogen and oxygen atoms in total. The summed E-state index contributed by atoms with van der Waals surface area (Å²) in [6, 6.07) is 11.6. The van der Waals surface area contributed by atoms with Crippen molar-refractivity contribution in [2.24, 2.45) is 0 Å². The Kier molecular flexibility index (Phi) is 4.75. The van der Waals surface area contributed by atoms with Crippen molar-refractivity contribution >= 4 is 16.7 Å². The number of fused-ring (bicyclic) bond motifs is 1. The lowest BCUT2D eigenvalue weighted by molar-refractivity contribution is 0.0827. The van der Waals surface area contributed by atoms with Crippen LogP contribution in [0.25, 0.3) is 10.8 Å². The van der Waals surface area contributed by atoms with E-state index in [4.69, 9.17) is 4.74 Å². The van der Waals surface area contributed by atoms with Crippen molar-refractivity contribution in [2.45, 2.75) is 6.54 Å². The number of nitrogens with zero attached hydrogens (tertiary/aromatic N) is 2. The lowest BCUT2D eigenvalue weighted by Gasteiger charge is -2.12. The smallest absolute Gasteiger partial charge is 0.258 e. The van der Waals surface area contributed by atoms with Crippen molar-refractivity contribution in [1.29, 1.82) is 0 Å². The molecule has 0 bridgehead atoms. The van der Waals surface area contributed by atoms with Gasteiger partial charge in [0.05, 0.1) is 19.0 Å². The fourth-order valence-corrected chi connectivity index (χ4v) is 2.82. The Hall–Kier alpha value is -3.15. The molecule has 0 aliphatic heterocycles. The second-order valence-corrected chi connectivity index (χ2v) is 6.22. The second-order valence-electron chi connectivity index (χ2n) is 6.22. The van der Waals surface area contributed by atoms with E-state index < -0.39 is 5.82 Å². The molecule has 0 spiro atoms. The maximum absolute atomic E-state index is 14.0. The number of hydrogen-bond donors (Lipinski definition) is 0. The molecule has 134 valence electrons. The van der Waals surface area contributed by atoms with Crippen molar-refractivity contribution in [3.05, 3.63) is 76.0 Å². The molecule has 2 aromatic carbocycles. The number of aromatic nitrogens is 1. The highest BCUT2D eigenvalue weighted by atomic mass is 19.1. The average molecular weight is 354 g/mol. The average Bonchev–Trinajstić information content (AvgIpc) is 2.63. The highest BCUT2D eigenvalue weighted by Crippen LogP contribution is 2.22. The molecule has 6 heteroatoms. The zero-order valence-electron chi connectivity index (χ0n) is 14.8. The van der Waals surface area contributed by atoms with Gasteiger partial charge < -0.3 is 14.2 Å². The third kappa shape index (κ3) is 3.31. The molecular formula is C20H19FN2O3. The van der Waals surface area contributed by atoms with Gasteiger partial charge in [-0.2, -0.15) is 0 Å². The van der Waals surface area contributed by atoms with E-state index in [1.165, 1.54) is 28.7 Å². The number of halogens is 1. The Labute approximate surface area is 150 Å². The second kappa shape index (κ2) is 7.00. The maximum Gasteiger partial charge on any atom is 0.258 e. The van der Waals surface area contributed by atoms with Gasteiger partial charge in [-0.15, -0.1) is 0 Å². The van der Waals surface area contributed by atoms with Crippen LogP contribution >= 0.6 is 0 Å². The zero-order chi connectivity index (χ0) is 18.8.